The molecule has 2 aromatic heterocycles. The topological polar surface area (TPSA) is 41.6 Å². The molecule has 0 aliphatic rings. The minimum atomic E-state index is 0. The molecule has 0 aliphatic heterocycles. The van der Waals surface area contributed by atoms with E-state index < -0.39 is 0 Å². The van der Waals surface area contributed by atoms with E-state index >= 15 is 0 Å². The van der Waals surface area contributed by atoms with E-state index in [1.54, 1.807) is 6.33 Å². The summed E-state index contributed by atoms with van der Waals surface area (Å²) in [4.78, 5) is 11.4. The van der Waals surface area contributed by atoms with Crippen molar-refractivity contribution >= 4 is 11.0 Å². The molecule has 0 amide bonds. The lowest BCUT2D eigenvalue weighted by Crippen LogP contribution is -1.84. The van der Waals surface area contributed by atoms with E-state index in [2.05, 4.69) is 21.9 Å². The number of aromatic amines is 1. The monoisotopic (exact) mass is 179 g/mol. The number of fused-ring (bicyclic) bond motifs is 1. The Morgan fingerprint density at radius 2 is 2.15 bits per heavy atom. The SMILES string of the molecule is CC.CCc1cc2nc[nH]c2cn1.[HH]. The minimum Gasteiger partial charge on any atom is -0.343 e. The molecular formula is C10H17N3. The smallest absolute Gasteiger partial charge is 0.0932 e. The van der Waals surface area contributed by atoms with Crippen molar-refractivity contribution in [3.8, 4) is 0 Å². The highest BCUT2D eigenvalue weighted by atomic mass is 14.9. The van der Waals surface area contributed by atoms with Gasteiger partial charge in [0.05, 0.1) is 23.6 Å². The van der Waals surface area contributed by atoms with Crippen LogP contribution < -0.4 is 0 Å². The van der Waals surface area contributed by atoms with Gasteiger partial charge in [-0.05, 0) is 12.5 Å². The van der Waals surface area contributed by atoms with Crippen molar-refractivity contribution in [2.75, 3.05) is 0 Å². The highest BCUT2D eigenvalue weighted by Gasteiger charge is 1.96. The Hall–Kier alpha value is -1.38. The van der Waals surface area contributed by atoms with E-state index in [0.29, 0.717) is 0 Å². The Balaban J connectivity index is 0.000000531. The lowest BCUT2D eigenvalue weighted by atomic mass is 10.3. The van der Waals surface area contributed by atoms with Crippen LogP contribution >= 0.6 is 0 Å². The van der Waals surface area contributed by atoms with E-state index in [1.165, 1.54) is 0 Å². The quantitative estimate of drug-likeness (QED) is 0.731. The first-order valence-corrected chi connectivity index (χ1v) is 4.68. The van der Waals surface area contributed by atoms with E-state index in [4.69, 9.17) is 0 Å². The summed E-state index contributed by atoms with van der Waals surface area (Å²) < 4.78 is 0. The van der Waals surface area contributed by atoms with Crippen molar-refractivity contribution in [2.24, 2.45) is 0 Å². The van der Waals surface area contributed by atoms with Gasteiger partial charge in [-0.25, -0.2) is 4.98 Å². The van der Waals surface area contributed by atoms with Crippen LogP contribution in [-0.4, -0.2) is 15.0 Å². The van der Waals surface area contributed by atoms with Gasteiger partial charge in [0.15, 0.2) is 0 Å². The molecule has 3 nitrogen and oxygen atoms in total. The molecule has 0 bridgehead atoms. The van der Waals surface area contributed by atoms with Crippen LogP contribution in [0.25, 0.3) is 11.0 Å². The molecule has 0 saturated carbocycles. The molecule has 0 spiro atoms. The molecule has 0 atom stereocenters. The van der Waals surface area contributed by atoms with Crippen LogP contribution in [0.5, 0.6) is 0 Å². The minimum absolute atomic E-state index is 0. The van der Waals surface area contributed by atoms with Gasteiger partial charge in [-0.1, -0.05) is 20.8 Å². The predicted molar refractivity (Wildman–Crippen MR) is 56.7 cm³/mol. The van der Waals surface area contributed by atoms with Crippen LogP contribution in [0.2, 0.25) is 0 Å². The second kappa shape index (κ2) is 4.60. The fraction of sp³-hybridized carbons (Fsp3) is 0.400. The number of H-pyrrole nitrogens is 1. The molecule has 0 radical (unpaired) electrons. The van der Waals surface area contributed by atoms with Gasteiger partial charge < -0.3 is 4.98 Å². The summed E-state index contributed by atoms with van der Waals surface area (Å²) in [5.41, 5.74) is 3.09. The van der Waals surface area contributed by atoms with Gasteiger partial charge in [0.1, 0.15) is 0 Å². The van der Waals surface area contributed by atoms with Crippen LogP contribution in [0.1, 0.15) is 27.9 Å². The first-order chi connectivity index (χ1) is 6.40. The van der Waals surface area contributed by atoms with E-state index in [1.807, 2.05) is 26.1 Å². The molecule has 0 unspecified atom stereocenters. The number of imidazole rings is 1. The van der Waals surface area contributed by atoms with Crippen molar-refractivity contribution in [3.05, 3.63) is 24.3 Å². The highest BCUT2D eigenvalue weighted by Crippen LogP contribution is 2.08. The normalized spacial score (nSPS) is 9.46. The number of hydrogen-bond donors (Lipinski definition) is 1. The standard InChI is InChI=1S/C8H9N3.C2H6.H2/c1-2-6-3-7-8(4-9-6)11-5-10-7;1-2;/h3-5H,2H2,1H3,(H,10,11);1-2H3;1H. The van der Waals surface area contributed by atoms with Crippen LogP contribution in [-0.2, 0) is 6.42 Å². The second-order valence-electron chi connectivity index (χ2n) is 2.45. The summed E-state index contributed by atoms with van der Waals surface area (Å²) in [6.07, 6.45) is 4.47. The van der Waals surface area contributed by atoms with Crippen molar-refractivity contribution in [2.45, 2.75) is 27.2 Å². The molecule has 13 heavy (non-hydrogen) atoms. The maximum absolute atomic E-state index is 4.23. The highest BCUT2D eigenvalue weighted by molar-refractivity contribution is 5.73. The molecule has 2 heterocycles. The first kappa shape index (κ1) is 9.71. The first-order valence-electron chi connectivity index (χ1n) is 4.68. The fourth-order valence-corrected chi connectivity index (χ4v) is 1.07. The number of nitrogens with zero attached hydrogens (tertiary/aromatic N) is 2. The summed E-state index contributed by atoms with van der Waals surface area (Å²) in [6, 6.07) is 2.01. The Labute approximate surface area is 79.7 Å². The van der Waals surface area contributed by atoms with E-state index in [0.717, 1.165) is 23.1 Å². The summed E-state index contributed by atoms with van der Waals surface area (Å²) in [5, 5.41) is 0. The van der Waals surface area contributed by atoms with Crippen LogP contribution in [0.4, 0.5) is 0 Å². The zero-order valence-electron chi connectivity index (χ0n) is 8.33. The fourth-order valence-electron chi connectivity index (χ4n) is 1.07. The number of pyridine rings is 1. The molecule has 0 saturated heterocycles. The maximum Gasteiger partial charge on any atom is 0.0932 e. The van der Waals surface area contributed by atoms with Crippen LogP contribution in [0.3, 0.4) is 0 Å². The molecule has 3 heteroatoms. The summed E-state index contributed by atoms with van der Waals surface area (Å²) >= 11 is 0. The maximum atomic E-state index is 4.23. The van der Waals surface area contributed by atoms with Gasteiger partial charge in [-0.3, -0.25) is 4.98 Å². The van der Waals surface area contributed by atoms with Crippen molar-refractivity contribution in [1.82, 2.24) is 15.0 Å². The number of aryl methyl sites for hydroxylation is 1. The Morgan fingerprint density at radius 3 is 2.85 bits per heavy atom. The summed E-state index contributed by atoms with van der Waals surface area (Å²) in [7, 11) is 0. The molecule has 0 aliphatic carbocycles. The van der Waals surface area contributed by atoms with Crippen LogP contribution in [0, 0.1) is 0 Å². The molecule has 1 N–H and O–H groups in total. The van der Waals surface area contributed by atoms with Gasteiger partial charge in [0.25, 0.3) is 0 Å². The largest absolute Gasteiger partial charge is 0.343 e. The third-order valence-electron chi connectivity index (χ3n) is 1.72. The van der Waals surface area contributed by atoms with Crippen molar-refractivity contribution in [1.29, 1.82) is 0 Å². The number of hydrogen-bond acceptors (Lipinski definition) is 2. The van der Waals surface area contributed by atoms with Gasteiger partial charge >= 0.3 is 0 Å². The number of aromatic nitrogens is 3. The molecule has 0 aromatic carbocycles. The molecule has 72 valence electrons. The third kappa shape index (κ3) is 2.05. The number of nitrogens with one attached hydrogen (secondary N) is 1. The molecule has 0 fully saturated rings. The number of rotatable bonds is 1. The zero-order valence-corrected chi connectivity index (χ0v) is 8.33. The zero-order chi connectivity index (χ0) is 9.68. The average Bonchev–Trinajstić information content (AvgIpc) is 2.67. The van der Waals surface area contributed by atoms with Crippen molar-refractivity contribution in [3.63, 3.8) is 0 Å². The van der Waals surface area contributed by atoms with Gasteiger partial charge in [0.2, 0.25) is 0 Å². The predicted octanol–water partition coefficient (Wildman–Crippen LogP) is 2.79. The Kier molecular flexibility index (Phi) is 3.43. The van der Waals surface area contributed by atoms with Gasteiger partial charge in [0, 0.05) is 7.12 Å². The van der Waals surface area contributed by atoms with Gasteiger partial charge in [-0.2, -0.15) is 0 Å². The molecular weight excluding hydrogens is 162 g/mol. The lowest BCUT2D eigenvalue weighted by molar-refractivity contribution is 1.04. The summed E-state index contributed by atoms with van der Waals surface area (Å²) in [5.74, 6) is 0. The molecule has 2 rings (SSSR count). The third-order valence-corrected chi connectivity index (χ3v) is 1.72. The van der Waals surface area contributed by atoms with Crippen LogP contribution in [0.15, 0.2) is 18.6 Å². The lowest BCUT2D eigenvalue weighted by Gasteiger charge is -1.92. The average molecular weight is 179 g/mol. The van der Waals surface area contributed by atoms with Gasteiger partial charge in [-0.15, -0.1) is 0 Å². The summed E-state index contributed by atoms with van der Waals surface area (Å²) in [6.45, 7) is 6.08. The Bertz CT molecular complexity index is 370. The van der Waals surface area contributed by atoms with E-state index in [9.17, 15) is 0 Å². The molecule has 2 aromatic rings. The van der Waals surface area contributed by atoms with E-state index in [-0.39, 0.29) is 1.43 Å². The Morgan fingerprint density at radius 1 is 1.38 bits per heavy atom. The van der Waals surface area contributed by atoms with Crippen molar-refractivity contribution < 1.29 is 1.43 Å². The second-order valence-corrected chi connectivity index (χ2v) is 2.45.